The number of hydrogen-bond donors (Lipinski definition) is 2. The lowest BCUT2D eigenvalue weighted by Crippen LogP contribution is -2.34. The number of aromatic nitrogens is 1. The summed E-state index contributed by atoms with van der Waals surface area (Å²) in [5.74, 6) is -6.44. The summed E-state index contributed by atoms with van der Waals surface area (Å²) < 4.78 is 77.4. The van der Waals surface area contributed by atoms with Gasteiger partial charge in [-0.3, -0.25) is 14.6 Å². The van der Waals surface area contributed by atoms with Crippen LogP contribution in [0, 0.1) is 11.6 Å². The highest BCUT2D eigenvalue weighted by Crippen LogP contribution is 2.45. The first-order valence-electron chi connectivity index (χ1n) is 8.83. The molecule has 1 aliphatic rings. The summed E-state index contributed by atoms with van der Waals surface area (Å²) in [5.41, 5.74) is 4.81. The van der Waals surface area contributed by atoms with Gasteiger partial charge in [0.15, 0.2) is 17.7 Å². The maximum atomic E-state index is 14.1. The van der Waals surface area contributed by atoms with Crippen molar-refractivity contribution in [2.75, 3.05) is 12.4 Å². The molecular weight excluding hydrogens is 429 g/mol. The quantitative estimate of drug-likeness (QED) is 0.689. The van der Waals surface area contributed by atoms with Crippen LogP contribution in [0.3, 0.4) is 0 Å². The number of anilines is 1. The average molecular weight is 445 g/mol. The van der Waals surface area contributed by atoms with E-state index in [-0.39, 0.29) is 16.9 Å². The Bertz CT molecular complexity index is 1010. The van der Waals surface area contributed by atoms with Crippen molar-refractivity contribution in [2.24, 2.45) is 5.73 Å². The summed E-state index contributed by atoms with van der Waals surface area (Å²) in [4.78, 5) is 27.7. The van der Waals surface area contributed by atoms with Gasteiger partial charge < -0.3 is 20.5 Å². The van der Waals surface area contributed by atoms with Crippen LogP contribution in [0.1, 0.15) is 28.4 Å². The lowest BCUT2D eigenvalue weighted by atomic mass is 9.89. The second-order valence-electron chi connectivity index (χ2n) is 6.70. The number of methoxy groups -OCH3 is 1. The molecule has 1 aliphatic heterocycles. The van der Waals surface area contributed by atoms with Gasteiger partial charge in [0.1, 0.15) is 11.8 Å². The standard InChI is InChI=1S/C19H16F5N3O4/c1-30-15-9(2-3-11(20)14(15)21)10-7-13(19(22,23)24)31-16(10)18(29)27-8-4-5-26-12(6-8)17(25)28/h2-6,10,13,16H,7H2,1H3,(H2,25,28)(H,26,27,29)/t10-,13-,16+/m0/s1. The van der Waals surface area contributed by atoms with Crippen molar-refractivity contribution in [1.29, 1.82) is 0 Å². The van der Waals surface area contributed by atoms with Crippen LogP contribution in [-0.4, -0.2) is 42.3 Å². The zero-order chi connectivity index (χ0) is 22.9. The van der Waals surface area contributed by atoms with Gasteiger partial charge in [-0.05, 0) is 24.6 Å². The molecule has 166 valence electrons. The highest BCUT2D eigenvalue weighted by molar-refractivity contribution is 5.97. The number of ether oxygens (including phenoxy) is 2. The molecule has 0 bridgehead atoms. The Balaban J connectivity index is 1.96. The minimum absolute atomic E-state index is 0.0314. The molecule has 0 aliphatic carbocycles. The molecule has 7 nitrogen and oxygen atoms in total. The number of benzene rings is 1. The van der Waals surface area contributed by atoms with Crippen LogP contribution in [0.2, 0.25) is 0 Å². The Morgan fingerprint density at radius 3 is 2.58 bits per heavy atom. The SMILES string of the molecule is COc1c([C@@H]2C[C@@H](C(F)(F)F)O[C@H]2C(=O)Nc2ccnc(C(N)=O)c2)ccc(F)c1F. The van der Waals surface area contributed by atoms with Crippen LogP contribution in [0.25, 0.3) is 0 Å². The summed E-state index contributed by atoms with van der Waals surface area (Å²) in [7, 11) is 1.02. The molecule has 0 unspecified atom stereocenters. The first-order chi connectivity index (χ1) is 14.5. The van der Waals surface area contributed by atoms with Crippen molar-refractivity contribution in [2.45, 2.75) is 30.7 Å². The van der Waals surface area contributed by atoms with Gasteiger partial charge in [-0.15, -0.1) is 0 Å². The molecule has 2 aromatic rings. The smallest absolute Gasteiger partial charge is 0.414 e. The fourth-order valence-corrected chi connectivity index (χ4v) is 3.33. The molecule has 3 atom stereocenters. The average Bonchev–Trinajstić information content (AvgIpc) is 3.16. The van der Waals surface area contributed by atoms with E-state index in [0.717, 1.165) is 25.3 Å². The molecule has 31 heavy (non-hydrogen) atoms. The highest BCUT2D eigenvalue weighted by Gasteiger charge is 2.52. The second kappa shape index (κ2) is 8.46. The Kier molecular flexibility index (Phi) is 6.11. The molecule has 2 heterocycles. The summed E-state index contributed by atoms with van der Waals surface area (Å²) in [5, 5.41) is 2.33. The van der Waals surface area contributed by atoms with Crippen molar-refractivity contribution in [1.82, 2.24) is 4.98 Å². The summed E-state index contributed by atoms with van der Waals surface area (Å²) >= 11 is 0. The molecule has 3 N–H and O–H groups in total. The van der Waals surface area contributed by atoms with E-state index in [2.05, 4.69) is 10.3 Å². The fourth-order valence-electron chi connectivity index (χ4n) is 3.33. The monoisotopic (exact) mass is 445 g/mol. The summed E-state index contributed by atoms with van der Waals surface area (Å²) in [6.45, 7) is 0. The van der Waals surface area contributed by atoms with Gasteiger partial charge >= 0.3 is 6.18 Å². The molecule has 12 heteroatoms. The third-order valence-corrected chi connectivity index (χ3v) is 4.73. The van der Waals surface area contributed by atoms with Crippen LogP contribution >= 0.6 is 0 Å². The van der Waals surface area contributed by atoms with Gasteiger partial charge in [0.25, 0.3) is 11.8 Å². The Morgan fingerprint density at radius 2 is 1.97 bits per heavy atom. The van der Waals surface area contributed by atoms with E-state index >= 15 is 0 Å². The Labute approximate surface area is 172 Å². The number of amides is 2. The predicted molar refractivity (Wildman–Crippen MR) is 96.4 cm³/mol. The molecule has 1 aromatic carbocycles. The van der Waals surface area contributed by atoms with Gasteiger partial charge in [-0.25, -0.2) is 4.39 Å². The molecule has 2 amide bonds. The van der Waals surface area contributed by atoms with Crippen molar-refractivity contribution in [3.05, 3.63) is 53.4 Å². The van der Waals surface area contributed by atoms with Gasteiger partial charge in [-0.2, -0.15) is 17.6 Å². The van der Waals surface area contributed by atoms with Gasteiger partial charge in [-0.1, -0.05) is 6.07 Å². The number of nitrogens with one attached hydrogen (secondary N) is 1. The number of carbonyl (C=O) groups excluding carboxylic acids is 2. The molecule has 0 spiro atoms. The summed E-state index contributed by atoms with van der Waals surface area (Å²) in [6.07, 6.45) is -8.37. The van der Waals surface area contributed by atoms with Gasteiger partial charge in [0.05, 0.1) is 7.11 Å². The maximum Gasteiger partial charge on any atom is 0.414 e. The molecule has 0 radical (unpaired) electrons. The van der Waals surface area contributed by atoms with Crippen LogP contribution in [0.4, 0.5) is 27.6 Å². The number of rotatable bonds is 5. The zero-order valence-corrected chi connectivity index (χ0v) is 15.9. The maximum absolute atomic E-state index is 14.1. The topological polar surface area (TPSA) is 104 Å². The lowest BCUT2D eigenvalue weighted by Gasteiger charge is -2.21. The van der Waals surface area contributed by atoms with E-state index in [1.54, 1.807) is 0 Å². The molecule has 0 saturated carbocycles. The summed E-state index contributed by atoms with van der Waals surface area (Å²) in [6, 6.07) is 4.18. The van der Waals surface area contributed by atoms with Crippen molar-refractivity contribution in [3.8, 4) is 5.75 Å². The van der Waals surface area contributed by atoms with E-state index in [1.807, 2.05) is 0 Å². The molecule has 1 saturated heterocycles. The van der Waals surface area contributed by atoms with Crippen LogP contribution < -0.4 is 15.8 Å². The van der Waals surface area contributed by atoms with Gasteiger partial charge in [0.2, 0.25) is 5.82 Å². The van der Waals surface area contributed by atoms with E-state index < -0.39 is 59.9 Å². The van der Waals surface area contributed by atoms with Crippen LogP contribution in [-0.2, 0) is 9.53 Å². The number of halogens is 5. The Morgan fingerprint density at radius 1 is 1.26 bits per heavy atom. The minimum Gasteiger partial charge on any atom is -0.493 e. The first kappa shape index (κ1) is 22.4. The van der Waals surface area contributed by atoms with Crippen molar-refractivity contribution in [3.63, 3.8) is 0 Å². The number of nitrogens with zero attached hydrogens (tertiary/aromatic N) is 1. The van der Waals surface area contributed by atoms with Crippen molar-refractivity contribution >= 4 is 17.5 Å². The number of carbonyl (C=O) groups is 2. The van der Waals surface area contributed by atoms with Gasteiger partial charge in [0, 0.05) is 23.4 Å². The van der Waals surface area contributed by atoms with Crippen LogP contribution in [0.15, 0.2) is 30.5 Å². The number of alkyl halides is 3. The van der Waals surface area contributed by atoms with Crippen molar-refractivity contribution < 1.29 is 41.0 Å². The fraction of sp³-hybridized carbons (Fsp3) is 0.316. The normalized spacial score (nSPS) is 21.0. The molecule has 1 aromatic heterocycles. The molecule has 1 fully saturated rings. The third-order valence-electron chi connectivity index (χ3n) is 4.73. The van der Waals surface area contributed by atoms with E-state index in [9.17, 15) is 31.5 Å². The number of primary amides is 1. The second-order valence-corrected chi connectivity index (χ2v) is 6.70. The first-order valence-corrected chi connectivity index (χ1v) is 8.83. The zero-order valence-electron chi connectivity index (χ0n) is 15.9. The predicted octanol–water partition coefficient (Wildman–Crippen LogP) is 2.91. The van der Waals surface area contributed by atoms with E-state index in [0.29, 0.717) is 0 Å². The molecular formula is C19H16F5N3O4. The highest BCUT2D eigenvalue weighted by atomic mass is 19.4. The number of nitrogens with two attached hydrogens (primary N) is 1. The number of pyridine rings is 1. The number of hydrogen-bond acceptors (Lipinski definition) is 5. The molecule has 3 rings (SSSR count). The van der Waals surface area contributed by atoms with E-state index in [1.165, 1.54) is 12.3 Å². The lowest BCUT2D eigenvalue weighted by molar-refractivity contribution is -0.213. The third kappa shape index (κ3) is 4.58. The largest absolute Gasteiger partial charge is 0.493 e. The Hall–Kier alpha value is -3.28. The van der Waals surface area contributed by atoms with Crippen LogP contribution in [0.5, 0.6) is 5.75 Å². The minimum atomic E-state index is -4.80. The van der Waals surface area contributed by atoms with E-state index in [4.69, 9.17) is 15.2 Å².